The van der Waals surface area contributed by atoms with Crippen LogP contribution in [0.1, 0.15) is 25.5 Å². The Kier molecular flexibility index (Phi) is 6.24. The van der Waals surface area contributed by atoms with Gasteiger partial charge in [-0.1, -0.05) is 6.07 Å². The summed E-state index contributed by atoms with van der Waals surface area (Å²) in [6.07, 6.45) is -1.53. The molecule has 138 valence electrons. The number of hydrogen-bond acceptors (Lipinski definition) is 4. The Labute approximate surface area is 148 Å². The zero-order chi connectivity index (χ0) is 19.3. The molecule has 0 fully saturated rings. The SMILES string of the molecule is CCOC(C(N)=O)c1c(F)cc(Oc2cccc(NC(C)=O)c2)cc1F. The van der Waals surface area contributed by atoms with E-state index in [1.807, 2.05) is 0 Å². The number of carbonyl (C=O) groups excluding carboxylic acids is 2. The summed E-state index contributed by atoms with van der Waals surface area (Å²) in [4.78, 5) is 22.5. The van der Waals surface area contributed by atoms with Crippen molar-refractivity contribution in [3.63, 3.8) is 0 Å². The van der Waals surface area contributed by atoms with E-state index in [-0.39, 0.29) is 24.0 Å². The Balaban J connectivity index is 2.30. The highest BCUT2D eigenvalue weighted by Gasteiger charge is 2.26. The summed E-state index contributed by atoms with van der Waals surface area (Å²) in [6, 6.07) is 8.16. The first kappa shape index (κ1) is 19.3. The molecule has 0 aliphatic carbocycles. The minimum absolute atomic E-state index is 0.0562. The summed E-state index contributed by atoms with van der Waals surface area (Å²) < 4.78 is 39.1. The zero-order valence-corrected chi connectivity index (χ0v) is 14.2. The van der Waals surface area contributed by atoms with Gasteiger partial charge in [0, 0.05) is 37.4 Å². The molecule has 1 atom stereocenters. The van der Waals surface area contributed by atoms with Gasteiger partial charge in [0.05, 0.1) is 5.56 Å². The van der Waals surface area contributed by atoms with Gasteiger partial charge in [-0.25, -0.2) is 8.78 Å². The van der Waals surface area contributed by atoms with Crippen molar-refractivity contribution in [1.29, 1.82) is 0 Å². The molecule has 0 bridgehead atoms. The van der Waals surface area contributed by atoms with Crippen molar-refractivity contribution in [3.05, 3.63) is 53.6 Å². The lowest BCUT2D eigenvalue weighted by atomic mass is 10.1. The predicted molar refractivity (Wildman–Crippen MR) is 90.7 cm³/mol. The third kappa shape index (κ3) is 4.76. The number of halogens is 2. The number of amides is 2. The van der Waals surface area contributed by atoms with Crippen LogP contribution in [0.15, 0.2) is 36.4 Å². The number of carbonyl (C=O) groups is 2. The molecule has 2 amide bonds. The number of ether oxygens (including phenoxy) is 2. The maximum absolute atomic E-state index is 14.3. The largest absolute Gasteiger partial charge is 0.457 e. The number of hydrogen-bond donors (Lipinski definition) is 2. The van der Waals surface area contributed by atoms with Crippen LogP contribution in [0, 0.1) is 11.6 Å². The summed E-state index contributed by atoms with van der Waals surface area (Å²) in [5, 5.41) is 2.57. The van der Waals surface area contributed by atoms with Crippen LogP contribution in [0.25, 0.3) is 0 Å². The van der Waals surface area contributed by atoms with Crippen LogP contribution in [0.3, 0.4) is 0 Å². The number of anilines is 1. The topological polar surface area (TPSA) is 90.7 Å². The van der Waals surface area contributed by atoms with Gasteiger partial charge in [-0.3, -0.25) is 9.59 Å². The molecule has 0 aliphatic rings. The van der Waals surface area contributed by atoms with Gasteiger partial charge in [0.2, 0.25) is 5.91 Å². The molecule has 1 unspecified atom stereocenters. The van der Waals surface area contributed by atoms with Crippen molar-refractivity contribution in [2.24, 2.45) is 5.73 Å². The second-order valence-electron chi connectivity index (χ2n) is 5.35. The Hall–Kier alpha value is -3.00. The molecule has 2 aromatic carbocycles. The third-order valence-electron chi connectivity index (χ3n) is 3.30. The fraction of sp³-hybridized carbons (Fsp3) is 0.222. The van der Waals surface area contributed by atoms with E-state index in [1.54, 1.807) is 25.1 Å². The van der Waals surface area contributed by atoms with Gasteiger partial charge < -0.3 is 20.5 Å². The van der Waals surface area contributed by atoms with E-state index in [0.29, 0.717) is 5.69 Å². The number of benzene rings is 2. The van der Waals surface area contributed by atoms with Crippen molar-refractivity contribution < 1.29 is 27.8 Å². The minimum Gasteiger partial charge on any atom is -0.457 e. The molecule has 0 saturated heterocycles. The summed E-state index contributed by atoms with van der Waals surface area (Å²) in [6.45, 7) is 2.98. The zero-order valence-electron chi connectivity index (χ0n) is 14.2. The summed E-state index contributed by atoms with van der Waals surface area (Å²) in [7, 11) is 0. The van der Waals surface area contributed by atoms with Gasteiger partial charge in [-0.2, -0.15) is 0 Å². The number of primary amides is 1. The standard InChI is InChI=1S/C18H18F2N2O4/c1-3-25-17(18(21)24)16-14(19)8-13(9-15(16)20)26-12-6-4-5-11(7-12)22-10(2)23/h4-9,17H,3H2,1-2H3,(H2,21,24)(H,22,23). The van der Waals surface area contributed by atoms with Crippen molar-refractivity contribution in [2.45, 2.75) is 20.0 Å². The summed E-state index contributed by atoms with van der Waals surface area (Å²) >= 11 is 0. The number of rotatable bonds is 7. The van der Waals surface area contributed by atoms with Gasteiger partial charge in [-0.15, -0.1) is 0 Å². The fourth-order valence-electron chi connectivity index (χ4n) is 2.32. The molecular formula is C18H18F2N2O4. The van der Waals surface area contributed by atoms with E-state index in [2.05, 4.69) is 5.32 Å². The molecule has 0 saturated carbocycles. The van der Waals surface area contributed by atoms with E-state index >= 15 is 0 Å². The molecule has 0 radical (unpaired) electrons. The van der Waals surface area contributed by atoms with E-state index in [0.717, 1.165) is 12.1 Å². The normalized spacial score (nSPS) is 11.7. The van der Waals surface area contributed by atoms with Crippen LogP contribution in [0.2, 0.25) is 0 Å². The third-order valence-corrected chi connectivity index (χ3v) is 3.30. The quantitative estimate of drug-likeness (QED) is 0.789. The smallest absolute Gasteiger partial charge is 0.251 e. The van der Waals surface area contributed by atoms with Crippen LogP contribution in [-0.2, 0) is 14.3 Å². The second kappa shape index (κ2) is 8.39. The minimum atomic E-state index is -1.53. The first-order chi connectivity index (χ1) is 12.3. The van der Waals surface area contributed by atoms with Gasteiger partial charge in [-0.05, 0) is 19.1 Å². The molecule has 0 heterocycles. The highest BCUT2D eigenvalue weighted by molar-refractivity contribution is 5.88. The van der Waals surface area contributed by atoms with Crippen LogP contribution < -0.4 is 15.8 Å². The molecule has 26 heavy (non-hydrogen) atoms. The van der Waals surface area contributed by atoms with E-state index < -0.39 is 29.2 Å². The van der Waals surface area contributed by atoms with Crippen molar-refractivity contribution in [3.8, 4) is 11.5 Å². The molecular weight excluding hydrogens is 346 g/mol. The van der Waals surface area contributed by atoms with Crippen LogP contribution in [0.5, 0.6) is 11.5 Å². The Bertz CT molecular complexity index is 804. The number of nitrogens with two attached hydrogens (primary N) is 1. The summed E-state index contributed by atoms with van der Waals surface area (Å²) in [5.74, 6) is -3.16. The highest BCUT2D eigenvalue weighted by Crippen LogP contribution is 2.31. The van der Waals surface area contributed by atoms with Crippen molar-refractivity contribution in [1.82, 2.24) is 0 Å². The van der Waals surface area contributed by atoms with Gasteiger partial charge in [0.1, 0.15) is 23.1 Å². The van der Waals surface area contributed by atoms with E-state index in [4.69, 9.17) is 15.2 Å². The Morgan fingerprint density at radius 1 is 1.15 bits per heavy atom. The summed E-state index contributed by atoms with van der Waals surface area (Å²) in [5.41, 5.74) is 5.05. The maximum Gasteiger partial charge on any atom is 0.251 e. The molecule has 0 spiro atoms. The van der Waals surface area contributed by atoms with E-state index in [9.17, 15) is 18.4 Å². The molecule has 2 aromatic rings. The molecule has 2 rings (SSSR count). The second-order valence-corrected chi connectivity index (χ2v) is 5.35. The molecule has 0 aromatic heterocycles. The van der Waals surface area contributed by atoms with Crippen molar-refractivity contribution >= 4 is 17.5 Å². The van der Waals surface area contributed by atoms with Gasteiger partial charge in [0.25, 0.3) is 5.91 Å². The fourth-order valence-corrected chi connectivity index (χ4v) is 2.32. The predicted octanol–water partition coefficient (Wildman–Crippen LogP) is 3.28. The van der Waals surface area contributed by atoms with Crippen LogP contribution >= 0.6 is 0 Å². The Morgan fingerprint density at radius 3 is 2.35 bits per heavy atom. The molecule has 0 aliphatic heterocycles. The molecule has 8 heteroatoms. The maximum atomic E-state index is 14.3. The lowest BCUT2D eigenvalue weighted by Crippen LogP contribution is -2.25. The van der Waals surface area contributed by atoms with Gasteiger partial charge in [0.15, 0.2) is 6.10 Å². The first-order valence-corrected chi connectivity index (χ1v) is 7.77. The number of nitrogens with one attached hydrogen (secondary N) is 1. The average molecular weight is 364 g/mol. The van der Waals surface area contributed by atoms with Gasteiger partial charge >= 0.3 is 0 Å². The Morgan fingerprint density at radius 2 is 1.81 bits per heavy atom. The average Bonchev–Trinajstić information content (AvgIpc) is 2.53. The van der Waals surface area contributed by atoms with E-state index in [1.165, 1.54) is 13.0 Å². The monoisotopic (exact) mass is 364 g/mol. The molecule has 6 nitrogen and oxygen atoms in total. The lowest BCUT2D eigenvalue weighted by molar-refractivity contribution is -0.130. The van der Waals surface area contributed by atoms with Crippen molar-refractivity contribution in [2.75, 3.05) is 11.9 Å². The molecule has 3 N–H and O–H groups in total. The highest BCUT2D eigenvalue weighted by atomic mass is 19.1. The van der Waals surface area contributed by atoms with Crippen LogP contribution in [-0.4, -0.2) is 18.4 Å². The first-order valence-electron chi connectivity index (χ1n) is 7.77. The van der Waals surface area contributed by atoms with Crippen LogP contribution in [0.4, 0.5) is 14.5 Å². The lowest BCUT2D eigenvalue weighted by Gasteiger charge is -2.16.